The normalized spacial score (nSPS) is 12.1. The fourth-order valence-electron chi connectivity index (χ4n) is 1.87. The molecule has 0 fully saturated rings. The number of nitro benzene ring substituents is 2. The first-order valence-electron chi connectivity index (χ1n) is 6.10. The zero-order valence-electron chi connectivity index (χ0n) is 11.0. The summed E-state index contributed by atoms with van der Waals surface area (Å²) in [7, 11) is 0. The van der Waals surface area contributed by atoms with Crippen LogP contribution >= 0.6 is 0 Å². The van der Waals surface area contributed by atoms with E-state index >= 15 is 0 Å². The number of hydrogen-bond acceptors (Lipinski definition) is 5. The van der Waals surface area contributed by atoms with Crippen molar-refractivity contribution >= 4 is 11.4 Å². The van der Waals surface area contributed by atoms with Gasteiger partial charge < -0.3 is 5.32 Å². The second kappa shape index (κ2) is 6.79. The highest BCUT2D eigenvalue weighted by Gasteiger charge is 2.19. The van der Waals surface area contributed by atoms with Gasteiger partial charge in [-0.1, -0.05) is 6.92 Å². The number of nitrogens with one attached hydrogen (secondary N) is 1. The molecule has 104 valence electrons. The molecule has 0 heterocycles. The summed E-state index contributed by atoms with van der Waals surface area (Å²) in [6.45, 7) is 4.83. The van der Waals surface area contributed by atoms with E-state index in [1.807, 2.05) is 13.8 Å². The zero-order chi connectivity index (χ0) is 14.4. The third-order valence-corrected chi connectivity index (χ3v) is 2.88. The van der Waals surface area contributed by atoms with Crippen LogP contribution in [0.3, 0.4) is 0 Å². The van der Waals surface area contributed by atoms with Gasteiger partial charge in [0.2, 0.25) is 0 Å². The summed E-state index contributed by atoms with van der Waals surface area (Å²) < 4.78 is 0. The van der Waals surface area contributed by atoms with E-state index in [0.29, 0.717) is 12.0 Å². The lowest BCUT2D eigenvalue weighted by molar-refractivity contribution is -0.394. The first-order chi connectivity index (χ1) is 8.95. The van der Waals surface area contributed by atoms with Gasteiger partial charge in [0, 0.05) is 17.7 Å². The molecule has 0 amide bonds. The maximum absolute atomic E-state index is 10.9. The molecular weight excluding hydrogens is 250 g/mol. The van der Waals surface area contributed by atoms with Gasteiger partial charge in [-0.3, -0.25) is 20.2 Å². The van der Waals surface area contributed by atoms with Gasteiger partial charge in [-0.25, -0.2) is 0 Å². The van der Waals surface area contributed by atoms with E-state index in [1.54, 1.807) is 0 Å². The van der Waals surface area contributed by atoms with E-state index in [1.165, 1.54) is 12.1 Å². The van der Waals surface area contributed by atoms with Crippen molar-refractivity contribution in [3.8, 4) is 0 Å². The molecule has 7 heteroatoms. The van der Waals surface area contributed by atoms with Gasteiger partial charge >= 0.3 is 0 Å². The van der Waals surface area contributed by atoms with Gasteiger partial charge in [0.25, 0.3) is 11.4 Å². The summed E-state index contributed by atoms with van der Waals surface area (Å²) in [4.78, 5) is 20.3. The molecule has 0 bridgehead atoms. The molecule has 1 atom stereocenters. The van der Waals surface area contributed by atoms with E-state index in [-0.39, 0.29) is 17.4 Å². The number of nitro groups is 2. The van der Waals surface area contributed by atoms with Gasteiger partial charge in [-0.05, 0) is 32.4 Å². The predicted molar refractivity (Wildman–Crippen MR) is 71.2 cm³/mol. The highest BCUT2D eigenvalue weighted by molar-refractivity contribution is 5.49. The molecule has 1 rings (SSSR count). The second-order valence-corrected chi connectivity index (χ2v) is 4.32. The van der Waals surface area contributed by atoms with Crippen LogP contribution in [0.4, 0.5) is 11.4 Å². The molecule has 0 saturated carbocycles. The lowest BCUT2D eigenvalue weighted by atomic mass is 10.0. The minimum absolute atomic E-state index is 0.183. The van der Waals surface area contributed by atoms with Crippen LogP contribution in [0.15, 0.2) is 18.2 Å². The van der Waals surface area contributed by atoms with Crippen molar-refractivity contribution in [2.45, 2.75) is 32.7 Å². The van der Waals surface area contributed by atoms with Crippen LogP contribution < -0.4 is 5.32 Å². The summed E-state index contributed by atoms with van der Waals surface area (Å²) in [6.07, 6.45) is 1.26. The molecule has 0 saturated heterocycles. The molecule has 0 aliphatic rings. The Hall–Kier alpha value is -2.02. The smallest absolute Gasteiger partial charge is 0.279 e. The van der Waals surface area contributed by atoms with E-state index in [0.717, 1.165) is 19.0 Å². The zero-order valence-corrected chi connectivity index (χ0v) is 11.0. The van der Waals surface area contributed by atoms with Gasteiger partial charge in [-0.2, -0.15) is 0 Å². The Balaban J connectivity index is 2.88. The maximum atomic E-state index is 10.9. The number of nitrogens with zero attached hydrogens (tertiary/aromatic N) is 2. The molecule has 0 spiro atoms. The average molecular weight is 267 g/mol. The van der Waals surface area contributed by atoms with Crippen molar-refractivity contribution in [1.82, 2.24) is 5.32 Å². The molecule has 0 radical (unpaired) electrons. The minimum atomic E-state index is -0.627. The van der Waals surface area contributed by atoms with Crippen molar-refractivity contribution in [1.29, 1.82) is 0 Å². The summed E-state index contributed by atoms with van der Waals surface area (Å²) in [5.41, 5.74) is 0.0911. The molecule has 0 aliphatic carbocycles. The SMILES string of the molecule is CCNC(C)CCc1ccc([N+](=O)[O-])cc1[N+](=O)[O-]. The Bertz CT molecular complexity index is 476. The highest BCUT2D eigenvalue weighted by atomic mass is 16.6. The summed E-state index contributed by atoms with van der Waals surface area (Å²) in [5, 5.41) is 24.8. The molecular formula is C12H17N3O4. The summed E-state index contributed by atoms with van der Waals surface area (Å²) in [6, 6.07) is 4.04. The molecule has 1 aromatic carbocycles. The van der Waals surface area contributed by atoms with Gasteiger partial charge in [-0.15, -0.1) is 0 Å². The van der Waals surface area contributed by atoms with Gasteiger partial charge in [0.05, 0.1) is 15.9 Å². The number of benzene rings is 1. The Labute approximate surface area is 110 Å². The molecule has 1 unspecified atom stereocenters. The Kier molecular flexibility index (Phi) is 5.37. The molecule has 0 aliphatic heterocycles. The van der Waals surface area contributed by atoms with Crippen LogP contribution in [0.1, 0.15) is 25.8 Å². The maximum Gasteiger partial charge on any atom is 0.279 e. The Morgan fingerprint density at radius 1 is 1.26 bits per heavy atom. The van der Waals surface area contributed by atoms with Crippen molar-refractivity contribution in [3.05, 3.63) is 44.0 Å². The largest absolute Gasteiger partial charge is 0.315 e. The Morgan fingerprint density at radius 2 is 1.95 bits per heavy atom. The lowest BCUT2D eigenvalue weighted by Crippen LogP contribution is -2.25. The summed E-state index contributed by atoms with van der Waals surface area (Å²) in [5.74, 6) is 0. The molecule has 19 heavy (non-hydrogen) atoms. The van der Waals surface area contributed by atoms with E-state index in [4.69, 9.17) is 0 Å². The average Bonchev–Trinajstić information content (AvgIpc) is 2.36. The molecule has 1 aromatic rings. The van der Waals surface area contributed by atoms with Crippen LogP contribution in [0, 0.1) is 20.2 Å². The van der Waals surface area contributed by atoms with Crippen LogP contribution in [0.2, 0.25) is 0 Å². The third-order valence-electron chi connectivity index (χ3n) is 2.88. The van der Waals surface area contributed by atoms with Gasteiger partial charge in [0.15, 0.2) is 0 Å². The van der Waals surface area contributed by atoms with E-state index < -0.39 is 9.85 Å². The van der Waals surface area contributed by atoms with Crippen LogP contribution in [0.5, 0.6) is 0 Å². The second-order valence-electron chi connectivity index (χ2n) is 4.32. The number of non-ortho nitro benzene ring substituents is 1. The number of hydrogen-bond donors (Lipinski definition) is 1. The van der Waals surface area contributed by atoms with Gasteiger partial charge in [0.1, 0.15) is 0 Å². The van der Waals surface area contributed by atoms with Crippen LogP contribution in [-0.2, 0) is 6.42 Å². The predicted octanol–water partition coefficient (Wildman–Crippen LogP) is 2.43. The standard InChI is InChI=1S/C12H17N3O4/c1-3-13-9(2)4-5-10-6-7-11(14(16)17)8-12(10)15(18)19/h6-9,13H,3-5H2,1-2H3. The highest BCUT2D eigenvalue weighted by Crippen LogP contribution is 2.25. The molecule has 1 N–H and O–H groups in total. The molecule has 0 aromatic heterocycles. The van der Waals surface area contributed by atoms with Crippen LogP contribution in [-0.4, -0.2) is 22.4 Å². The van der Waals surface area contributed by atoms with Crippen molar-refractivity contribution < 1.29 is 9.85 Å². The minimum Gasteiger partial charge on any atom is -0.315 e. The van der Waals surface area contributed by atoms with Crippen molar-refractivity contribution in [3.63, 3.8) is 0 Å². The quantitative estimate of drug-likeness (QED) is 0.604. The summed E-state index contributed by atoms with van der Waals surface area (Å²) >= 11 is 0. The van der Waals surface area contributed by atoms with E-state index in [2.05, 4.69) is 5.32 Å². The third kappa shape index (κ3) is 4.29. The first-order valence-corrected chi connectivity index (χ1v) is 6.10. The monoisotopic (exact) mass is 267 g/mol. The fraction of sp³-hybridized carbons (Fsp3) is 0.500. The van der Waals surface area contributed by atoms with E-state index in [9.17, 15) is 20.2 Å². The lowest BCUT2D eigenvalue weighted by Gasteiger charge is -2.11. The first kappa shape index (κ1) is 15.0. The topological polar surface area (TPSA) is 98.3 Å². The van der Waals surface area contributed by atoms with Crippen molar-refractivity contribution in [2.24, 2.45) is 0 Å². The fourth-order valence-corrected chi connectivity index (χ4v) is 1.87. The number of aryl methyl sites for hydroxylation is 1. The molecule has 7 nitrogen and oxygen atoms in total. The Morgan fingerprint density at radius 3 is 2.47 bits per heavy atom. The number of rotatable bonds is 7. The van der Waals surface area contributed by atoms with Crippen molar-refractivity contribution in [2.75, 3.05) is 6.54 Å². The van der Waals surface area contributed by atoms with Crippen LogP contribution in [0.25, 0.3) is 0 Å².